The van der Waals surface area contributed by atoms with Crippen LogP contribution in [0.2, 0.25) is 0 Å². The van der Waals surface area contributed by atoms with E-state index in [1.165, 1.54) is 5.56 Å². The van der Waals surface area contributed by atoms with Gasteiger partial charge in [0.2, 0.25) is 0 Å². The SMILES string of the molecule is C[C@H](C#CC(C)(C)O)[N+](C)(C)[C@@H](C)c1ccccc1. The summed E-state index contributed by atoms with van der Waals surface area (Å²) in [6.45, 7) is 7.76. The van der Waals surface area contributed by atoms with Crippen molar-refractivity contribution in [1.82, 2.24) is 0 Å². The van der Waals surface area contributed by atoms with Crippen molar-refractivity contribution in [1.29, 1.82) is 0 Å². The predicted molar refractivity (Wildman–Crippen MR) is 80.5 cm³/mol. The Bertz CT molecular complexity index is 460. The van der Waals surface area contributed by atoms with Gasteiger partial charge in [-0.15, -0.1) is 0 Å². The molecule has 0 aliphatic carbocycles. The Balaban J connectivity index is 2.93. The van der Waals surface area contributed by atoms with Gasteiger partial charge in [-0.2, -0.15) is 0 Å². The van der Waals surface area contributed by atoms with Crippen LogP contribution >= 0.6 is 0 Å². The van der Waals surface area contributed by atoms with Crippen LogP contribution in [0.3, 0.4) is 0 Å². The molecule has 2 atom stereocenters. The molecule has 19 heavy (non-hydrogen) atoms. The molecule has 2 nitrogen and oxygen atoms in total. The molecular formula is C17H26NO+. The van der Waals surface area contributed by atoms with Crippen LogP contribution in [0.1, 0.15) is 39.3 Å². The van der Waals surface area contributed by atoms with Crippen LogP contribution in [0.5, 0.6) is 0 Å². The van der Waals surface area contributed by atoms with Gasteiger partial charge in [-0.3, -0.25) is 0 Å². The molecule has 0 spiro atoms. The van der Waals surface area contributed by atoms with Crippen molar-refractivity contribution in [2.45, 2.75) is 45.4 Å². The van der Waals surface area contributed by atoms with E-state index in [1.54, 1.807) is 13.8 Å². The summed E-state index contributed by atoms with van der Waals surface area (Å²) in [5, 5.41) is 9.71. The first-order valence-electron chi connectivity index (χ1n) is 6.78. The second-order valence-corrected chi connectivity index (χ2v) is 6.22. The van der Waals surface area contributed by atoms with Crippen LogP contribution in [-0.2, 0) is 0 Å². The van der Waals surface area contributed by atoms with Crippen molar-refractivity contribution in [2.75, 3.05) is 14.1 Å². The van der Waals surface area contributed by atoms with E-state index >= 15 is 0 Å². The molecule has 1 N–H and O–H groups in total. The Morgan fingerprint density at radius 3 is 2.11 bits per heavy atom. The van der Waals surface area contributed by atoms with Crippen LogP contribution in [0.4, 0.5) is 0 Å². The summed E-state index contributed by atoms with van der Waals surface area (Å²) in [6, 6.07) is 11.0. The Labute approximate surface area is 117 Å². The molecule has 104 valence electrons. The van der Waals surface area contributed by atoms with Crippen molar-refractivity contribution >= 4 is 0 Å². The van der Waals surface area contributed by atoms with E-state index < -0.39 is 5.60 Å². The van der Waals surface area contributed by atoms with E-state index in [0.29, 0.717) is 6.04 Å². The predicted octanol–water partition coefficient (Wildman–Crippen LogP) is 2.99. The average molecular weight is 260 g/mol. The van der Waals surface area contributed by atoms with Crippen molar-refractivity contribution in [3.05, 3.63) is 35.9 Å². The van der Waals surface area contributed by atoms with Gasteiger partial charge in [0, 0.05) is 5.56 Å². The third-order valence-corrected chi connectivity index (χ3v) is 3.87. The topological polar surface area (TPSA) is 20.2 Å². The first kappa shape index (κ1) is 15.8. The number of rotatable bonds is 3. The van der Waals surface area contributed by atoms with Crippen molar-refractivity contribution in [3.8, 4) is 11.8 Å². The highest BCUT2D eigenvalue weighted by molar-refractivity contribution is 5.18. The van der Waals surface area contributed by atoms with Crippen LogP contribution in [-0.4, -0.2) is 35.3 Å². The molecule has 0 saturated heterocycles. The second kappa shape index (κ2) is 5.77. The lowest BCUT2D eigenvalue weighted by Gasteiger charge is -2.39. The lowest BCUT2D eigenvalue weighted by Crippen LogP contribution is -2.48. The summed E-state index contributed by atoms with van der Waals surface area (Å²) >= 11 is 0. The van der Waals surface area contributed by atoms with Gasteiger partial charge in [-0.05, 0) is 33.6 Å². The molecule has 0 aromatic heterocycles. The quantitative estimate of drug-likeness (QED) is 0.654. The Hall–Kier alpha value is -1.30. The number of quaternary nitrogens is 1. The van der Waals surface area contributed by atoms with Gasteiger partial charge in [-0.1, -0.05) is 36.3 Å². The fourth-order valence-electron chi connectivity index (χ4n) is 1.90. The molecule has 0 fully saturated rings. The van der Waals surface area contributed by atoms with Crippen molar-refractivity contribution in [2.24, 2.45) is 0 Å². The molecular weight excluding hydrogens is 234 g/mol. The van der Waals surface area contributed by atoms with E-state index in [0.717, 1.165) is 4.48 Å². The van der Waals surface area contributed by atoms with E-state index in [-0.39, 0.29) is 6.04 Å². The molecule has 0 heterocycles. The summed E-state index contributed by atoms with van der Waals surface area (Å²) in [5.41, 5.74) is 0.383. The Morgan fingerprint density at radius 2 is 1.63 bits per heavy atom. The summed E-state index contributed by atoms with van der Waals surface area (Å²) in [4.78, 5) is 0. The number of hydrogen-bond donors (Lipinski definition) is 1. The zero-order valence-corrected chi connectivity index (χ0v) is 12.9. The Kier molecular flexibility index (Phi) is 4.79. The highest BCUT2D eigenvalue weighted by Gasteiger charge is 2.30. The molecule has 0 amide bonds. The molecule has 1 rings (SSSR count). The van der Waals surface area contributed by atoms with Gasteiger partial charge >= 0.3 is 0 Å². The van der Waals surface area contributed by atoms with E-state index in [4.69, 9.17) is 0 Å². The van der Waals surface area contributed by atoms with Gasteiger partial charge in [0.05, 0.1) is 14.1 Å². The summed E-state index contributed by atoms with van der Waals surface area (Å²) < 4.78 is 0.771. The summed E-state index contributed by atoms with van der Waals surface area (Å²) in [6.07, 6.45) is 0. The first-order chi connectivity index (χ1) is 8.64. The molecule has 0 aliphatic rings. The highest BCUT2D eigenvalue weighted by Crippen LogP contribution is 2.27. The highest BCUT2D eigenvalue weighted by atomic mass is 16.3. The van der Waals surface area contributed by atoms with E-state index in [1.807, 2.05) is 6.07 Å². The minimum atomic E-state index is -0.926. The largest absolute Gasteiger partial charge is 0.378 e. The average Bonchev–Trinajstić information content (AvgIpc) is 2.35. The monoisotopic (exact) mass is 260 g/mol. The number of nitrogens with zero attached hydrogens (tertiary/aromatic N) is 1. The molecule has 1 aromatic rings. The third-order valence-electron chi connectivity index (χ3n) is 3.87. The molecule has 0 aliphatic heterocycles. The fourth-order valence-corrected chi connectivity index (χ4v) is 1.90. The lowest BCUT2D eigenvalue weighted by atomic mass is 10.0. The zero-order chi connectivity index (χ0) is 14.7. The molecule has 0 unspecified atom stereocenters. The smallest absolute Gasteiger partial charge is 0.148 e. The maximum absolute atomic E-state index is 9.71. The maximum atomic E-state index is 9.71. The van der Waals surface area contributed by atoms with E-state index in [9.17, 15) is 5.11 Å². The standard InChI is InChI=1S/C17H26NO/c1-14(12-13-17(3,4)19)18(5,6)15(2)16-10-8-7-9-11-16/h7-11,14-15,19H,1-6H3/q+1/t14-,15+/m1/s1. The van der Waals surface area contributed by atoms with Gasteiger partial charge in [0.25, 0.3) is 0 Å². The van der Waals surface area contributed by atoms with Crippen LogP contribution in [0, 0.1) is 11.8 Å². The van der Waals surface area contributed by atoms with Gasteiger partial charge in [0.15, 0.2) is 0 Å². The minimum absolute atomic E-state index is 0.154. The molecule has 0 radical (unpaired) electrons. The van der Waals surface area contributed by atoms with Crippen molar-refractivity contribution < 1.29 is 9.59 Å². The first-order valence-corrected chi connectivity index (χ1v) is 6.78. The fraction of sp³-hybridized carbons (Fsp3) is 0.529. The van der Waals surface area contributed by atoms with Crippen LogP contribution in [0.15, 0.2) is 30.3 Å². The number of benzene rings is 1. The maximum Gasteiger partial charge on any atom is 0.148 e. The summed E-state index contributed by atoms with van der Waals surface area (Å²) in [7, 11) is 4.36. The van der Waals surface area contributed by atoms with Gasteiger partial charge in [-0.25, -0.2) is 0 Å². The van der Waals surface area contributed by atoms with Gasteiger partial charge in [0.1, 0.15) is 17.7 Å². The van der Waals surface area contributed by atoms with E-state index in [2.05, 4.69) is 64.0 Å². The third kappa shape index (κ3) is 4.38. The molecule has 1 aromatic carbocycles. The number of aliphatic hydroxyl groups is 1. The molecule has 0 saturated carbocycles. The second-order valence-electron chi connectivity index (χ2n) is 6.22. The van der Waals surface area contributed by atoms with Crippen LogP contribution < -0.4 is 0 Å². The Morgan fingerprint density at radius 1 is 1.11 bits per heavy atom. The molecule has 2 heteroatoms. The van der Waals surface area contributed by atoms with Crippen molar-refractivity contribution in [3.63, 3.8) is 0 Å². The number of hydrogen-bond acceptors (Lipinski definition) is 1. The molecule has 0 bridgehead atoms. The summed E-state index contributed by atoms with van der Waals surface area (Å²) in [5.74, 6) is 6.11. The zero-order valence-electron chi connectivity index (χ0n) is 12.9. The van der Waals surface area contributed by atoms with Gasteiger partial charge < -0.3 is 9.59 Å². The normalized spacial score (nSPS) is 15.3. The lowest BCUT2D eigenvalue weighted by molar-refractivity contribution is -0.933. The minimum Gasteiger partial charge on any atom is -0.378 e. The van der Waals surface area contributed by atoms with Crippen LogP contribution in [0.25, 0.3) is 0 Å².